The van der Waals surface area contributed by atoms with Crippen molar-refractivity contribution >= 4 is 0 Å². The van der Waals surface area contributed by atoms with E-state index in [1.54, 1.807) is 0 Å². The predicted octanol–water partition coefficient (Wildman–Crippen LogP) is 4.59. The first kappa shape index (κ1) is 18.0. The van der Waals surface area contributed by atoms with Crippen LogP contribution in [-0.2, 0) is 0 Å². The molecule has 0 saturated heterocycles. The Labute approximate surface area is 127 Å². The van der Waals surface area contributed by atoms with Gasteiger partial charge in [0, 0.05) is 6.04 Å². The summed E-state index contributed by atoms with van der Waals surface area (Å²) in [6.45, 7) is 5.98. The van der Waals surface area contributed by atoms with E-state index >= 15 is 0 Å². The normalized spacial score (nSPS) is 16.9. The quantitative estimate of drug-likeness (QED) is 0.527. The highest BCUT2D eigenvalue weighted by atomic mass is 15.1. The zero-order valence-corrected chi connectivity index (χ0v) is 14.1. The molecule has 2 heteroatoms. The van der Waals surface area contributed by atoms with Crippen LogP contribution in [0.4, 0.5) is 0 Å². The molecule has 0 amide bonds. The molecule has 1 fully saturated rings. The van der Waals surface area contributed by atoms with Crippen LogP contribution in [0.15, 0.2) is 0 Å². The maximum absolute atomic E-state index is 3.61. The van der Waals surface area contributed by atoms with E-state index in [1.807, 2.05) is 0 Å². The van der Waals surface area contributed by atoms with Crippen molar-refractivity contribution in [2.24, 2.45) is 0 Å². The van der Waals surface area contributed by atoms with Crippen LogP contribution in [0.2, 0.25) is 0 Å². The molecule has 0 aromatic heterocycles. The van der Waals surface area contributed by atoms with Gasteiger partial charge in [-0.1, -0.05) is 58.3 Å². The van der Waals surface area contributed by atoms with Gasteiger partial charge in [0.15, 0.2) is 0 Å². The van der Waals surface area contributed by atoms with Crippen molar-refractivity contribution in [1.82, 2.24) is 10.2 Å². The molecule has 1 aliphatic carbocycles. The van der Waals surface area contributed by atoms with Crippen molar-refractivity contribution in [3.05, 3.63) is 0 Å². The summed E-state index contributed by atoms with van der Waals surface area (Å²) in [6.07, 6.45) is 16.9. The topological polar surface area (TPSA) is 15.3 Å². The molecular weight excluding hydrogens is 244 g/mol. The van der Waals surface area contributed by atoms with Crippen molar-refractivity contribution < 1.29 is 0 Å². The molecule has 0 bridgehead atoms. The lowest BCUT2D eigenvalue weighted by Crippen LogP contribution is -2.35. The van der Waals surface area contributed by atoms with Crippen LogP contribution in [0.1, 0.15) is 84.0 Å². The van der Waals surface area contributed by atoms with E-state index in [0.29, 0.717) is 0 Å². The van der Waals surface area contributed by atoms with Gasteiger partial charge in [-0.05, 0) is 52.4 Å². The van der Waals surface area contributed by atoms with E-state index in [-0.39, 0.29) is 0 Å². The van der Waals surface area contributed by atoms with Crippen LogP contribution in [0.5, 0.6) is 0 Å². The van der Waals surface area contributed by atoms with Crippen LogP contribution < -0.4 is 5.32 Å². The molecule has 0 aromatic carbocycles. The molecule has 0 unspecified atom stereocenters. The van der Waals surface area contributed by atoms with E-state index in [1.165, 1.54) is 96.7 Å². The predicted molar refractivity (Wildman–Crippen MR) is 90.4 cm³/mol. The van der Waals surface area contributed by atoms with E-state index in [9.17, 15) is 0 Å². The third-order valence-electron chi connectivity index (χ3n) is 4.77. The second-order valence-electron chi connectivity index (χ2n) is 6.64. The first-order valence-corrected chi connectivity index (χ1v) is 9.25. The van der Waals surface area contributed by atoms with Gasteiger partial charge in [-0.2, -0.15) is 0 Å². The Morgan fingerprint density at radius 1 is 0.850 bits per heavy atom. The second kappa shape index (κ2) is 12.6. The Balaban J connectivity index is 1.82. The minimum Gasteiger partial charge on any atom is -0.317 e. The molecule has 0 atom stereocenters. The molecule has 0 radical (unpaired) electrons. The molecule has 0 aromatic rings. The average molecular weight is 283 g/mol. The Hall–Kier alpha value is -0.0800. The largest absolute Gasteiger partial charge is 0.317 e. The third-order valence-corrected chi connectivity index (χ3v) is 4.77. The van der Waals surface area contributed by atoms with Crippen molar-refractivity contribution in [2.45, 2.75) is 90.0 Å². The van der Waals surface area contributed by atoms with Gasteiger partial charge in [0.1, 0.15) is 0 Å². The fourth-order valence-electron chi connectivity index (χ4n) is 3.31. The van der Waals surface area contributed by atoms with Crippen molar-refractivity contribution in [2.75, 3.05) is 26.7 Å². The Morgan fingerprint density at radius 2 is 1.50 bits per heavy atom. The minimum atomic E-state index is 0.877. The van der Waals surface area contributed by atoms with Crippen LogP contribution in [0.3, 0.4) is 0 Å². The summed E-state index contributed by atoms with van der Waals surface area (Å²) in [6, 6.07) is 0.877. The zero-order chi connectivity index (χ0) is 14.5. The maximum Gasteiger partial charge on any atom is 0.00922 e. The molecule has 0 spiro atoms. The molecule has 120 valence electrons. The van der Waals surface area contributed by atoms with Crippen LogP contribution in [0.25, 0.3) is 0 Å². The van der Waals surface area contributed by atoms with Gasteiger partial charge in [0.25, 0.3) is 0 Å². The first-order valence-electron chi connectivity index (χ1n) is 9.25. The van der Waals surface area contributed by atoms with Crippen molar-refractivity contribution in [3.63, 3.8) is 0 Å². The monoisotopic (exact) mass is 282 g/mol. The summed E-state index contributed by atoms with van der Waals surface area (Å²) >= 11 is 0. The highest BCUT2D eigenvalue weighted by Crippen LogP contribution is 2.21. The lowest BCUT2D eigenvalue weighted by atomic mass is 9.94. The number of hydrogen-bond acceptors (Lipinski definition) is 2. The van der Waals surface area contributed by atoms with Crippen molar-refractivity contribution in [1.29, 1.82) is 0 Å². The molecule has 0 aliphatic heterocycles. The molecule has 1 N–H and O–H groups in total. The highest BCUT2D eigenvalue weighted by Gasteiger charge is 2.16. The van der Waals surface area contributed by atoms with Gasteiger partial charge in [-0.15, -0.1) is 0 Å². The summed E-state index contributed by atoms with van der Waals surface area (Å²) in [5.41, 5.74) is 0. The number of rotatable bonds is 12. The molecule has 1 aliphatic rings. The summed E-state index contributed by atoms with van der Waals surface area (Å²) in [4.78, 5) is 2.60. The van der Waals surface area contributed by atoms with Crippen LogP contribution in [0, 0.1) is 0 Å². The Morgan fingerprint density at radius 3 is 2.25 bits per heavy atom. The van der Waals surface area contributed by atoms with E-state index in [0.717, 1.165) is 6.04 Å². The standard InChI is InChI=1S/C18H38N2/c1-3-4-5-6-7-11-15-19-16-12-17-20(2)18-13-9-8-10-14-18/h18-19H,3-17H2,1-2H3. The molecular formula is C18H38N2. The summed E-state index contributed by atoms with van der Waals surface area (Å²) < 4.78 is 0. The number of nitrogens with one attached hydrogen (secondary N) is 1. The van der Waals surface area contributed by atoms with Crippen LogP contribution >= 0.6 is 0 Å². The van der Waals surface area contributed by atoms with E-state index in [4.69, 9.17) is 0 Å². The fraction of sp³-hybridized carbons (Fsp3) is 1.00. The lowest BCUT2D eigenvalue weighted by Gasteiger charge is -2.31. The highest BCUT2D eigenvalue weighted by molar-refractivity contribution is 4.73. The summed E-state index contributed by atoms with van der Waals surface area (Å²) in [5.74, 6) is 0. The number of nitrogens with zero attached hydrogens (tertiary/aromatic N) is 1. The van der Waals surface area contributed by atoms with Gasteiger partial charge in [-0.25, -0.2) is 0 Å². The maximum atomic E-state index is 3.61. The average Bonchev–Trinajstić information content (AvgIpc) is 2.50. The Bertz CT molecular complexity index is 200. The fourth-order valence-corrected chi connectivity index (χ4v) is 3.31. The van der Waals surface area contributed by atoms with Gasteiger partial charge in [0.2, 0.25) is 0 Å². The van der Waals surface area contributed by atoms with E-state index in [2.05, 4.69) is 24.2 Å². The molecule has 1 rings (SSSR count). The molecule has 1 saturated carbocycles. The second-order valence-corrected chi connectivity index (χ2v) is 6.64. The van der Waals surface area contributed by atoms with Gasteiger partial charge < -0.3 is 10.2 Å². The summed E-state index contributed by atoms with van der Waals surface area (Å²) in [5, 5.41) is 3.61. The smallest absolute Gasteiger partial charge is 0.00922 e. The van der Waals surface area contributed by atoms with Crippen LogP contribution in [-0.4, -0.2) is 37.6 Å². The van der Waals surface area contributed by atoms with Gasteiger partial charge in [0.05, 0.1) is 0 Å². The van der Waals surface area contributed by atoms with Gasteiger partial charge >= 0.3 is 0 Å². The zero-order valence-electron chi connectivity index (χ0n) is 14.1. The van der Waals surface area contributed by atoms with E-state index < -0.39 is 0 Å². The molecule has 0 heterocycles. The Kier molecular flexibility index (Phi) is 11.4. The number of unbranched alkanes of at least 4 members (excludes halogenated alkanes) is 5. The van der Waals surface area contributed by atoms with Gasteiger partial charge in [-0.3, -0.25) is 0 Å². The lowest BCUT2D eigenvalue weighted by molar-refractivity contribution is 0.189. The SMILES string of the molecule is CCCCCCCCNCCCN(C)C1CCCCC1. The third kappa shape index (κ3) is 8.97. The molecule has 20 heavy (non-hydrogen) atoms. The summed E-state index contributed by atoms with van der Waals surface area (Å²) in [7, 11) is 2.32. The first-order chi connectivity index (χ1) is 9.84. The molecule has 2 nitrogen and oxygen atoms in total. The minimum absolute atomic E-state index is 0.877. The number of hydrogen-bond donors (Lipinski definition) is 1. The van der Waals surface area contributed by atoms with Crippen molar-refractivity contribution in [3.8, 4) is 0 Å².